The Morgan fingerprint density at radius 2 is 1.76 bits per heavy atom. The molecule has 7 unspecified atom stereocenters. The van der Waals surface area contributed by atoms with E-state index in [0.717, 1.165) is 43.2 Å². The lowest BCUT2D eigenvalue weighted by molar-refractivity contribution is -0.307. The van der Waals surface area contributed by atoms with Gasteiger partial charge in [0.1, 0.15) is 6.61 Å². The van der Waals surface area contributed by atoms with Gasteiger partial charge in [0, 0.05) is 26.7 Å². The third-order valence-corrected chi connectivity index (χ3v) is 11.1. The van der Waals surface area contributed by atoms with Crippen molar-refractivity contribution in [3.8, 4) is 0 Å². The van der Waals surface area contributed by atoms with E-state index >= 15 is 0 Å². The third kappa shape index (κ3) is 4.57. The molecule has 3 fully saturated rings. The monoisotopic (exact) mass is 530 g/mol. The van der Waals surface area contributed by atoms with Crippen LogP contribution >= 0.6 is 11.8 Å². The Labute approximate surface area is 230 Å². The van der Waals surface area contributed by atoms with Crippen molar-refractivity contribution in [1.82, 2.24) is 0 Å². The molecule has 38 heavy (non-hydrogen) atoms. The molecule has 2 aliphatic heterocycles. The van der Waals surface area contributed by atoms with Crippen LogP contribution in [0.25, 0.3) is 0 Å². The van der Waals surface area contributed by atoms with Crippen molar-refractivity contribution < 1.29 is 19.0 Å². The van der Waals surface area contributed by atoms with Gasteiger partial charge in [-0.3, -0.25) is 0 Å². The topological polar surface area (TPSA) is 44.8 Å². The first-order chi connectivity index (χ1) is 18.4. The summed E-state index contributed by atoms with van der Waals surface area (Å²) in [6, 6.07) is 20.7. The van der Waals surface area contributed by atoms with Crippen LogP contribution in [0, 0.1) is 22.7 Å². The molecule has 0 radical (unpaired) electrons. The zero-order valence-corrected chi connectivity index (χ0v) is 23.3. The number of ether oxygens (including phenoxy) is 3. The summed E-state index contributed by atoms with van der Waals surface area (Å²) in [5.74, 6) is 0.618. The fourth-order valence-electron chi connectivity index (χ4n) is 7.80. The summed E-state index contributed by atoms with van der Waals surface area (Å²) in [6.07, 6.45) is 7.00. The standard InChI is InChI=1S/C33H38O4S/c1-22-14-15-28-32(2,18-16-29-33(28,3)21-36-31(37-29)23-10-6-4-7-11-23)26(22)20-27(25-17-19-35-30(25)34)38-24-12-8-5-9-13-24/h4-13,17,26-29,31H,1,14-16,18-21H2,2-3H3. The van der Waals surface area contributed by atoms with Gasteiger partial charge in [0.25, 0.3) is 0 Å². The van der Waals surface area contributed by atoms with Crippen molar-refractivity contribution in [3.05, 3.63) is 90.0 Å². The summed E-state index contributed by atoms with van der Waals surface area (Å²) in [5, 5.41) is 0.0385. The van der Waals surface area contributed by atoms with E-state index in [-0.39, 0.29) is 34.4 Å². The van der Waals surface area contributed by atoms with E-state index in [9.17, 15) is 4.79 Å². The minimum absolute atomic E-state index is 0.0385. The highest BCUT2D eigenvalue weighted by Crippen LogP contribution is 2.64. The van der Waals surface area contributed by atoms with E-state index in [0.29, 0.717) is 25.0 Å². The van der Waals surface area contributed by atoms with E-state index in [1.807, 2.05) is 30.3 Å². The van der Waals surface area contributed by atoms with E-state index in [1.54, 1.807) is 11.8 Å². The van der Waals surface area contributed by atoms with Crippen molar-refractivity contribution in [2.75, 3.05) is 13.2 Å². The van der Waals surface area contributed by atoms with Crippen molar-refractivity contribution in [1.29, 1.82) is 0 Å². The number of esters is 1. The zero-order chi connectivity index (χ0) is 26.3. The Morgan fingerprint density at radius 3 is 2.47 bits per heavy atom. The summed E-state index contributed by atoms with van der Waals surface area (Å²) in [5.41, 5.74) is 3.26. The number of benzene rings is 2. The van der Waals surface area contributed by atoms with Gasteiger partial charge in [-0.2, -0.15) is 0 Å². The van der Waals surface area contributed by atoms with Gasteiger partial charge in [0.05, 0.1) is 12.7 Å². The number of allylic oxidation sites excluding steroid dienone is 1. The molecule has 2 heterocycles. The summed E-state index contributed by atoms with van der Waals surface area (Å²) in [4.78, 5) is 13.9. The van der Waals surface area contributed by atoms with Gasteiger partial charge in [0.15, 0.2) is 6.29 Å². The lowest BCUT2D eigenvalue weighted by atomic mass is 9.46. The Hall–Kier alpha value is -2.34. The summed E-state index contributed by atoms with van der Waals surface area (Å²) >= 11 is 1.78. The Kier molecular flexibility index (Phi) is 7.04. The van der Waals surface area contributed by atoms with Gasteiger partial charge in [0.2, 0.25) is 0 Å². The van der Waals surface area contributed by atoms with Crippen molar-refractivity contribution in [2.24, 2.45) is 22.7 Å². The quantitative estimate of drug-likeness (QED) is 0.220. The second-order valence-electron chi connectivity index (χ2n) is 11.9. The van der Waals surface area contributed by atoms with Crippen molar-refractivity contribution in [2.45, 2.75) is 68.5 Å². The molecule has 7 atom stereocenters. The molecule has 0 spiro atoms. The second-order valence-corrected chi connectivity index (χ2v) is 13.2. The van der Waals surface area contributed by atoms with Crippen LogP contribution in [0.1, 0.15) is 57.8 Å². The van der Waals surface area contributed by atoms with E-state index in [4.69, 9.17) is 14.2 Å². The normalized spacial score (nSPS) is 35.6. The number of hydrogen-bond acceptors (Lipinski definition) is 5. The predicted octanol–water partition coefficient (Wildman–Crippen LogP) is 7.52. The largest absolute Gasteiger partial charge is 0.458 e. The van der Waals surface area contributed by atoms with Gasteiger partial charge in [-0.1, -0.05) is 74.5 Å². The van der Waals surface area contributed by atoms with Crippen molar-refractivity contribution in [3.63, 3.8) is 0 Å². The lowest BCUT2D eigenvalue weighted by Gasteiger charge is -2.63. The summed E-state index contributed by atoms with van der Waals surface area (Å²) in [6.45, 7) is 10.6. The van der Waals surface area contributed by atoms with Gasteiger partial charge >= 0.3 is 5.97 Å². The van der Waals surface area contributed by atoms with Crippen LogP contribution < -0.4 is 0 Å². The first-order valence-electron chi connectivity index (χ1n) is 14.0. The molecule has 200 valence electrons. The molecule has 2 aromatic carbocycles. The predicted molar refractivity (Wildman–Crippen MR) is 151 cm³/mol. The number of carbonyl (C=O) groups is 1. The average molecular weight is 531 g/mol. The molecule has 1 saturated heterocycles. The highest BCUT2D eigenvalue weighted by molar-refractivity contribution is 8.00. The van der Waals surface area contributed by atoms with Gasteiger partial charge in [-0.05, 0) is 67.6 Å². The van der Waals surface area contributed by atoms with Crippen molar-refractivity contribution >= 4 is 17.7 Å². The third-order valence-electron chi connectivity index (χ3n) is 9.79. The molecule has 2 saturated carbocycles. The average Bonchev–Trinajstić information content (AvgIpc) is 3.36. The van der Waals surface area contributed by atoms with Crippen LogP contribution in [-0.4, -0.2) is 30.5 Å². The number of hydrogen-bond donors (Lipinski definition) is 0. The Morgan fingerprint density at radius 1 is 1.03 bits per heavy atom. The molecule has 0 N–H and O–H groups in total. The first kappa shape index (κ1) is 25.9. The maximum Gasteiger partial charge on any atom is 0.335 e. The number of carbonyl (C=O) groups excluding carboxylic acids is 1. The zero-order valence-electron chi connectivity index (χ0n) is 22.4. The van der Waals surface area contributed by atoms with E-state index in [2.05, 4.69) is 56.8 Å². The molecular formula is C33H38O4S. The van der Waals surface area contributed by atoms with Crippen LogP contribution in [-0.2, 0) is 19.0 Å². The fourth-order valence-corrected chi connectivity index (χ4v) is 9.06. The maximum atomic E-state index is 12.7. The molecule has 0 aromatic heterocycles. The smallest absolute Gasteiger partial charge is 0.335 e. The molecule has 0 bridgehead atoms. The highest BCUT2D eigenvalue weighted by Gasteiger charge is 2.60. The minimum atomic E-state index is -0.292. The van der Waals surface area contributed by atoms with Crippen LogP contribution in [0.2, 0.25) is 0 Å². The summed E-state index contributed by atoms with van der Waals surface area (Å²) in [7, 11) is 0. The second kappa shape index (κ2) is 10.3. The minimum Gasteiger partial charge on any atom is -0.458 e. The molecular weight excluding hydrogens is 492 g/mol. The molecule has 4 nitrogen and oxygen atoms in total. The number of thioether (sulfide) groups is 1. The lowest BCUT2D eigenvalue weighted by Crippen LogP contribution is -2.60. The molecule has 6 rings (SSSR count). The highest BCUT2D eigenvalue weighted by atomic mass is 32.2. The Balaban J connectivity index is 1.26. The fraction of sp³-hybridized carbons (Fsp3) is 0.485. The first-order valence-corrected chi connectivity index (χ1v) is 14.8. The van der Waals surface area contributed by atoms with Gasteiger partial charge < -0.3 is 14.2 Å². The van der Waals surface area contributed by atoms with Crippen LogP contribution in [0.4, 0.5) is 0 Å². The molecule has 2 aromatic rings. The number of fused-ring (bicyclic) bond motifs is 3. The number of cyclic esters (lactones) is 1. The maximum absolute atomic E-state index is 12.7. The number of rotatable bonds is 6. The van der Waals surface area contributed by atoms with E-state index < -0.39 is 0 Å². The molecule has 4 aliphatic rings. The van der Waals surface area contributed by atoms with Crippen LogP contribution in [0.3, 0.4) is 0 Å². The summed E-state index contributed by atoms with van der Waals surface area (Å²) < 4.78 is 18.5. The van der Waals surface area contributed by atoms with E-state index in [1.165, 1.54) is 10.5 Å². The molecule has 0 amide bonds. The van der Waals surface area contributed by atoms with Gasteiger partial charge in [-0.15, -0.1) is 11.8 Å². The molecule has 2 aliphatic carbocycles. The van der Waals surface area contributed by atoms with Crippen LogP contribution in [0.15, 0.2) is 89.4 Å². The van der Waals surface area contributed by atoms with Gasteiger partial charge in [-0.25, -0.2) is 4.79 Å². The molecule has 5 heteroatoms. The SMILES string of the molecule is C=C1CCC2C3(C)COC(c4ccccc4)OC3CCC2(C)C1CC(Sc1ccccc1)C1=CCOC1=O. The Bertz CT molecular complexity index is 1210. The van der Waals surface area contributed by atoms with Crippen LogP contribution in [0.5, 0.6) is 0 Å².